The monoisotopic (exact) mass is 194 g/mol. The zero-order chi connectivity index (χ0) is 9.87. The van der Waals surface area contributed by atoms with Gasteiger partial charge in [0, 0.05) is 24.9 Å². The Morgan fingerprint density at radius 3 is 2.64 bits per heavy atom. The summed E-state index contributed by atoms with van der Waals surface area (Å²) in [5.41, 5.74) is 0. The van der Waals surface area contributed by atoms with E-state index in [4.69, 9.17) is 0 Å². The summed E-state index contributed by atoms with van der Waals surface area (Å²) in [7, 11) is 0. The summed E-state index contributed by atoms with van der Waals surface area (Å²) in [6.45, 7) is 2.81. The second-order valence-corrected chi connectivity index (χ2v) is 4.71. The maximum Gasteiger partial charge on any atom is 0.232 e. The van der Waals surface area contributed by atoms with Crippen LogP contribution in [0.3, 0.4) is 0 Å². The molecule has 4 fully saturated rings. The van der Waals surface area contributed by atoms with Crippen molar-refractivity contribution in [1.82, 2.24) is 10.2 Å². The van der Waals surface area contributed by atoms with Gasteiger partial charge in [-0.2, -0.15) is 0 Å². The highest BCUT2D eigenvalue weighted by Gasteiger charge is 2.55. The van der Waals surface area contributed by atoms with Gasteiger partial charge >= 0.3 is 0 Å². The predicted octanol–water partition coefficient (Wildman–Crippen LogP) is -0.258. The van der Waals surface area contributed by atoms with Crippen molar-refractivity contribution >= 4 is 11.8 Å². The minimum Gasteiger partial charge on any atom is -0.312 e. The molecule has 4 atom stereocenters. The lowest BCUT2D eigenvalue weighted by molar-refractivity contribution is -0.145. The molecule has 4 unspecified atom stereocenters. The molecule has 4 heteroatoms. The zero-order valence-electron chi connectivity index (χ0n) is 8.19. The van der Waals surface area contributed by atoms with Gasteiger partial charge in [0.1, 0.15) is 0 Å². The lowest BCUT2D eigenvalue weighted by Gasteiger charge is -2.40. The van der Waals surface area contributed by atoms with Crippen LogP contribution in [0.25, 0.3) is 0 Å². The molecule has 0 spiro atoms. The largest absolute Gasteiger partial charge is 0.312 e. The maximum atomic E-state index is 11.7. The Labute approximate surface area is 82.6 Å². The second kappa shape index (κ2) is 2.57. The van der Waals surface area contributed by atoms with E-state index in [1.165, 1.54) is 4.90 Å². The van der Waals surface area contributed by atoms with Crippen LogP contribution in [-0.4, -0.2) is 35.3 Å². The van der Waals surface area contributed by atoms with Crippen molar-refractivity contribution in [3.05, 3.63) is 0 Å². The molecule has 1 saturated carbocycles. The third-order valence-electron chi connectivity index (χ3n) is 3.80. The Bertz CT molecular complexity index is 301. The summed E-state index contributed by atoms with van der Waals surface area (Å²) in [5.74, 6) is 0.505. The molecule has 76 valence electrons. The van der Waals surface area contributed by atoms with Crippen molar-refractivity contribution in [2.24, 2.45) is 11.8 Å². The van der Waals surface area contributed by atoms with Crippen LogP contribution < -0.4 is 5.32 Å². The lowest BCUT2D eigenvalue weighted by Crippen LogP contribution is -2.56. The molecule has 0 aromatic rings. The van der Waals surface area contributed by atoms with Crippen LogP contribution in [0.2, 0.25) is 0 Å². The molecule has 4 rings (SSSR count). The number of carbonyl (C=O) groups excluding carboxylic acids is 2. The van der Waals surface area contributed by atoms with Gasteiger partial charge in [0.25, 0.3) is 0 Å². The molecule has 14 heavy (non-hydrogen) atoms. The first kappa shape index (κ1) is 8.41. The predicted molar refractivity (Wildman–Crippen MR) is 49.3 cm³/mol. The van der Waals surface area contributed by atoms with E-state index in [2.05, 4.69) is 5.32 Å². The number of rotatable bonds is 1. The molecule has 3 aliphatic heterocycles. The smallest absolute Gasteiger partial charge is 0.232 e. The van der Waals surface area contributed by atoms with Crippen molar-refractivity contribution in [2.45, 2.75) is 31.8 Å². The normalized spacial score (nSPS) is 45.9. The molecule has 0 radical (unpaired) electrons. The molecule has 2 bridgehead atoms. The Kier molecular flexibility index (Phi) is 1.54. The van der Waals surface area contributed by atoms with Gasteiger partial charge in [-0.15, -0.1) is 0 Å². The number of fused-ring (bicyclic) bond motifs is 1. The molecule has 1 aliphatic carbocycles. The topological polar surface area (TPSA) is 49.4 Å². The number of carbonyl (C=O) groups is 2. The van der Waals surface area contributed by atoms with E-state index in [9.17, 15) is 9.59 Å². The van der Waals surface area contributed by atoms with E-state index in [1.807, 2.05) is 6.92 Å². The maximum absolute atomic E-state index is 11.7. The van der Waals surface area contributed by atoms with Crippen molar-refractivity contribution in [3.63, 3.8) is 0 Å². The molecular formula is C10H14N2O2. The number of hydrogen-bond acceptors (Lipinski definition) is 3. The average molecular weight is 194 g/mol. The summed E-state index contributed by atoms with van der Waals surface area (Å²) in [5, 5.41) is 3.33. The SMILES string of the molecule is CC1CC(=O)N(C2C3CNC2C3)C1=O. The zero-order valence-corrected chi connectivity index (χ0v) is 8.19. The molecule has 4 aliphatic rings. The van der Waals surface area contributed by atoms with Crippen molar-refractivity contribution < 1.29 is 9.59 Å². The van der Waals surface area contributed by atoms with Crippen LogP contribution in [0, 0.1) is 11.8 Å². The Hall–Kier alpha value is -0.900. The molecule has 2 amide bonds. The lowest BCUT2D eigenvalue weighted by atomic mass is 9.79. The van der Waals surface area contributed by atoms with Crippen LogP contribution >= 0.6 is 0 Å². The third-order valence-corrected chi connectivity index (χ3v) is 3.80. The molecule has 4 nitrogen and oxygen atoms in total. The fourth-order valence-corrected chi connectivity index (χ4v) is 2.96. The van der Waals surface area contributed by atoms with Gasteiger partial charge in [0.2, 0.25) is 11.8 Å². The average Bonchev–Trinajstić information content (AvgIpc) is 2.76. The van der Waals surface area contributed by atoms with Crippen LogP contribution in [0.15, 0.2) is 0 Å². The highest BCUT2D eigenvalue weighted by atomic mass is 16.2. The van der Waals surface area contributed by atoms with Crippen molar-refractivity contribution in [1.29, 1.82) is 0 Å². The summed E-state index contributed by atoms with van der Waals surface area (Å²) in [6, 6.07) is 0.568. The van der Waals surface area contributed by atoms with Crippen molar-refractivity contribution in [3.8, 4) is 0 Å². The summed E-state index contributed by atoms with van der Waals surface area (Å²) < 4.78 is 0. The number of likely N-dealkylation sites (tertiary alicyclic amines) is 1. The van der Waals surface area contributed by atoms with Gasteiger partial charge in [-0.3, -0.25) is 14.5 Å². The van der Waals surface area contributed by atoms with Gasteiger partial charge in [-0.1, -0.05) is 6.92 Å². The molecule has 3 saturated heterocycles. The Morgan fingerprint density at radius 2 is 2.21 bits per heavy atom. The quantitative estimate of drug-likeness (QED) is 0.585. The molecule has 3 heterocycles. The number of amides is 2. The number of imide groups is 1. The Morgan fingerprint density at radius 1 is 1.43 bits per heavy atom. The molecular weight excluding hydrogens is 180 g/mol. The van der Waals surface area contributed by atoms with E-state index >= 15 is 0 Å². The van der Waals surface area contributed by atoms with Gasteiger partial charge in [0.15, 0.2) is 0 Å². The van der Waals surface area contributed by atoms with E-state index in [1.54, 1.807) is 0 Å². The minimum atomic E-state index is -0.0949. The van der Waals surface area contributed by atoms with Gasteiger partial charge in [0.05, 0.1) is 6.04 Å². The van der Waals surface area contributed by atoms with Crippen LogP contribution in [-0.2, 0) is 9.59 Å². The standard InChI is InChI=1S/C10H14N2O2/c1-5-2-8(13)12(10(5)14)9-6-3-7(9)11-4-6/h5-7,9,11H,2-4H2,1H3. The van der Waals surface area contributed by atoms with Gasteiger partial charge < -0.3 is 5.32 Å². The summed E-state index contributed by atoms with van der Waals surface area (Å²) in [4.78, 5) is 24.9. The van der Waals surface area contributed by atoms with Gasteiger partial charge in [-0.25, -0.2) is 0 Å². The van der Waals surface area contributed by atoms with E-state index < -0.39 is 0 Å². The fraction of sp³-hybridized carbons (Fsp3) is 0.800. The van der Waals surface area contributed by atoms with Crippen molar-refractivity contribution in [2.75, 3.05) is 6.54 Å². The van der Waals surface area contributed by atoms with E-state index in [0.717, 1.165) is 13.0 Å². The molecule has 0 aromatic heterocycles. The first-order chi connectivity index (χ1) is 6.68. The Balaban J connectivity index is 1.85. The first-order valence-electron chi connectivity index (χ1n) is 5.28. The number of nitrogens with zero attached hydrogens (tertiary/aromatic N) is 1. The minimum absolute atomic E-state index is 0.0332. The first-order valence-corrected chi connectivity index (χ1v) is 5.28. The number of hydrogen-bond donors (Lipinski definition) is 1. The summed E-state index contributed by atoms with van der Waals surface area (Å²) in [6.07, 6.45) is 1.55. The van der Waals surface area contributed by atoms with Gasteiger partial charge in [-0.05, 0) is 12.3 Å². The van der Waals surface area contributed by atoms with Crippen LogP contribution in [0.4, 0.5) is 0 Å². The highest BCUT2D eigenvalue weighted by Crippen LogP contribution is 2.40. The van der Waals surface area contributed by atoms with E-state index in [-0.39, 0.29) is 23.8 Å². The van der Waals surface area contributed by atoms with E-state index in [0.29, 0.717) is 18.4 Å². The van der Waals surface area contributed by atoms with Crippen LogP contribution in [0.5, 0.6) is 0 Å². The summed E-state index contributed by atoms with van der Waals surface area (Å²) >= 11 is 0. The molecule has 1 N–H and O–H groups in total. The highest BCUT2D eigenvalue weighted by molar-refractivity contribution is 6.03. The molecule has 0 aromatic carbocycles. The fourth-order valence-electron chi connectivity index (χ4n) is 2.96. The van der Waals surface area contributed by atoms with Crippen LogP contribution in [0.1, 0.15) is 19.8 Å². The second-order valence-electron chi connectivity index (χ2n) is 4.71. The third kappa shape index (κ3) is 0.869. The number of nitrogens with one attached hydrogen (secondary N) is 1.